The second-order valence-electron chi connectivity index (χ2n) is 2.41. The van der Waals surface area contributed by atoms with Crippen LogP contribution in [0, 0.1) is 0 Å². The van der Waals surface area contributed by atoms with Gasteiger partial charge in [0.2, 0.25) is 0 Å². The second kappa shape index (κ2) is 1.83. The van der Waals surface area contributed by atoms with Gasteiger partial charge in [-0.3, -0.25) is 4.79 Å². The van der Waals surface area contributed by atoms with Crippen LogP contribution in [0.3, 0.4) is 0 Å². The minimum atomic E-state index is 0.253. The number of hydrogen-bond donors (Lipinski definition) is 1. The number of fused-ring (bicyclic) bond motifs is 1. The van der Waals surface area contributed by atoms with Gasteiger partial charge in [0.05, 0.1) is 5.00 Å². The Morgan fingerprint density at radius 2 is 2.30 bits per heavy atom. The van der Waals surface area contributed by atoms with Gasteiger partial charge >= 0.3 is 0 Å². The molecule has 0 aliphatic heterocycles. The van der Waals surface area contributed by atoms with Crippen molar-refractivity contribution in [1.82, 2.24) is 0 Å². The van der Waals surface area contributed by atoms with Crippen LogP contribution < -0.4 is 5.73 Å². The quantitative estimate of drug-likeness (QED) is 0.613. The molecule has 1 aromatic heterocycles. The molecule has 0 fully saturated rings. The van der Waals surface area contributed by atoms with Crippen molar-refractivity contribution in [2.45, 2.75) is 12.8 Å². The molecular formula is C7H7NOS. The smallest absolute Gasteiger partial charge is 0.164 e. The van der Waals surface area contributed by atoms with Crippen LogP contribution in [-0.4, -0.2) is 5.78 Å². The number of carbonyl (C=O) groups is 1. The van der Waals surface area contributed by atoms with E-state index < -0.39 is 0 Å². The van der Waals surface area contributed by atoms with Gasteiger partial charge in [-0.25, -0.2) is 0 Å². The molecular weight excluding hydrogens is 146 g/mol. The normalized spacial score (nSPS) is 15.8. The molecule has 1 aromatic rings. The zero-order valence-electron chi connectivity index (χ0n) is 5.39. The minimum absolute atomic E-state index is 0.253. The van der Waals surface area contributed by atoms with E-state index in [-0.39, 0.29) is 5.78 Å². The third kappa shape index (κ3) is 0.671. The predicted octanol–water partition coefficient (Wildman–Crippen LogP) is 1.46. The summed E-state index contributed by atoms with van der Waals surface area (Å²) >= 11 is 1.54. The Labute approximate surface area is 62.7 Å². The number of nitrogens with two attached hydrogens (primary N) is 1. The average Bonchev–Trinajstić information content (AvgIpc) is 2.35. The van der Waals surface area contributed by atoms with E-state index in [2.05, 4.69) is 0 Å². The van der Waals surface area contributed by atoms with Gasteiger partial charge in [0, 0.05) is 16.9 Å². The summed E-state index contributed by atoms with van der Waals surface area (Å²) in [6.07, 6.45) is 1.58. The van der Waals surface area contributed by atoms with E-state index >= 15 is 0 Å². The van der Waals surface area contributed by atoms with Crippen LogP contribution in [0.5, 0.6) is 0 Å². The number of nitrogen functional groups attached to an aromatic ring is 1. The first-order valence-electron chi connectivity index (χ1n) is 3.19. The molecule has 0 atom stereocenters. The molecule has 2 nitrogen and oxygen atoms in total. The predicted molar refractivity (Wildman–Crippen MR) is 41.4 cm³/mol. The summed E-state index contributed by atoms with van der Waals surface area (Å²) < 4.78 is 0. The Balaban J connectivity index is 2.59. The lowest BCUT2D eigenvalue weighted by molar-refractivity contribution is 0.0994. The first kappa shape index (κ1) is 5.92. The number of anilines is 1. The van der Waals surface area contributed by atoms with Gasteiger partial charge in [-0.05, 0) is 12.5 Å². The molecule has 0 radical (unpaired) electrons. The third-order valence-corrected chi connectivity index (χ3v) is 2.73. The Hall–Kier alpha value is -0.830. The number of hydrogen-bond acceptors (Lipinski definition) is 3. The van der Waals surface area contributed by atoms with Gasteiger partial charge in [0.25, 0.3) is 0 Å². The minimum Gasteiger partial charge on any atom is -0.391 e. The summed E-state index contributed by atoms with van der Waals surface area (Å²) in [4.78, 5) is 12.2. The molecule has 52 valence electrons. The molecule has 1 aliphatic carbocycles. The maximum Gasteiger partial charge on any atom is 0.164 e. The topological polar surface area (TPSA) is 43.1 Å². The van der Waals surface area contributed by atoms with Crippen LogP contribution in [0.15, 0.2) is 6.07 Å². The van der Waals surface area contributed by atoms with E-state index in [0.717, 1.165) is 17.0 Å². The zero-order valence-corrected chi connectivity index (χ0v) is 6.20. The molecule has 3 heteroatoms. The van der Waals surface area contributed by atoms with Gasteiger partial charge in [-0.2, -0.15) is 0 Å². The van der Waals surface area contributed by atoms with Crippen molar-refractivity contribution in [2.24, 2.45) is 0 Å². The summed E-state index contributed by atoms with van der Waals surface area (Å²) in [5.74, 6) is 0.253. The van der Waals surface area contributed by atoms with Gasteiger partial charge in [-0.15, -0.1) is 11.3 Å². The van der Waals surface area contributed by atoms with Gasteiger partial charge in [-0.1, -0.05) is 0 Å². The third-order valence-electron chi connectivity index (χ3n) is 1.71. The molecule has 0 unspecified atom stereocenters. The summed E-state index contributed by atoms with van der Waals surface area (Å²) in [6, 6.07) is 1.79. The van der Waals surface area contributed by atoms with Crippen LogP contribution in [0.1, 0.15) is 21.7 Å². The summed E-state index contributed by atoms with van der Waals surface area (Å²) in [7, 11) is 0. The number of carbonyl (C=O) groups excluding carboxylic acids is 1. The largest absolute Gasteiger partial charge is 0.391 e. The molecule has 0 saturated carbocycles. The van der Waals surface area contributed by atoms with Crippen LogP contribution in [-0.2, 0) is 6.42 Å². The molecule has 1 aliphatic rings. The van der Waals surface area contributed by atoms with E-state index in [1.807, 2.05) is 0 Å². The van der Waals surface area contributed by atoms with E-state index in [4.69, 9.17) is 5.73 Å². The van der Waals surface area contributed by atoms with Crippen molar-refractivity contribution in [1.29, 1.82) is 0 Å². The first-order valence-corrected chi connectivity index (χ1v) is 4.00. The number of ketones is 1. The summed E-state index contributed by atoms with van der Waals surface area (Å²) in [5.41, 5.74) is 6.38. The molecule has 0 bridgehead atoms. The van der Waals surface area contributed by atoms with Crippen molar-refractivity contribution >= 4 is 22.1 Å². The Kier molecular flexibility index (Phi) is 1.08. The fraction of sp³-hybridized carbons (Fsp3) is 0.286. The maximum atomic E-state index is 11.0. The molecule has 1 heterocycles. The van der Waals surface area contributed by atoms with Gasteiger partial charge < -0.3 is 5.73 Å². The van der Waals surface area contributed by atoms with Crippen LogP contribution >= 0.6 is 11.3 Å². The highest BCUT2D eigenvalue weighted by Gasteiger charge is 2.21. The van der Waals surface area contributed by atoms with Gasteiger partial charge in [0.1, 0.15) is 0 Å². The molecule has 0 amide bonds. The number of thiophene rings is 1. The van der Waals surface area contributed by atoms with E-state index in [1.54, 1.807) is 6.07 Å². The molecule has 0 saturated heterocycles. The highest BCUT2D eigenvalue weighted by atomic mass is 32.1. The monoisotopic (exact) mass is 153 g/mol. The Morgan fingerprint density at radius 3 is 3.00 bits per heavy atom. The standard InChI is InChI=1S/C7H7NOS/c8-7-3-4-5(9)1-2-6(4)10-7/h3H,1-2,8H2. The van der Waals surface area contributed by atoms with Crippen molar-refractivity contribution in [3.8, 4) is 0 Å². The molecule has 0 aromatic carbocycles. The number of Topliss-reactive ketones (excluding diaryl/α,β-unsaturated/α-hetero) is 1. The van der Waals surface area contributed by atoms with Gasteiger partial charge in [0.15, 0.2) is 5.78 Å². The SMILES string of the molecule is Nc1cc2c(s1)CCC2=O. The van der Waals surface area contributed by atoms with E-state index in [9.17, 15) is 4.79 Å². The van der Waals surface area contributed by atoms with Crippen LogP contribution in [0.2, 0.25) is 0 Å². The second-order valence-corrected chi connectivity index (χ2v) is 3.58. The van der Waals surface area contributed by atoms with Crippen molar-refractivity contribution in [2.75, 3.05) is 5.73 Å². The Bertz CT molecular complexity index is 290. The summed E-state index contributed by atoms with van der Waals surface area (Å²) in [6.45, 7) is 0. The van der Waals surface area contributed by atoms with Crippen molar-refractivity contribution in [3.63, 3.8) is 0 Å². The lowest BCUT2D eigenvalue weighted by atomic mass is 10.2. The lowest BCUT2D eigenvalue weighted by Gasteiger charge is -1.81. The molecule has 2 rings (SSSR count). The van der Waals surface area contributed by atoms with E-state index in [1.165, 1.54) is 16.2 Å². The molecule has 10 heavy (non-hydrogen) atoms. The zero-order chi connectivity index (χ0) is 7.14. The van der Waals surface area contributed by atoms with Crippen molar-refractivity contribution < 1.29 is 4.79 Å². The number of rotatable bonds is 0. The van der Waals surface area contributed by atoms with Crippen LogP contribution in [0.25, 0.3) is 0 Å². The highest BCUT2D eigenvalue weighted by Crippen LogP contribution is 2.31. The van der Waals surface area contributed by atoms with Crippen LogP contribution in [0.4, 0.5) is 5.00 Å². The number of aryl methyl sites for hydroxylation is 1. The summed E-state index contributed by atoms with van der Waals surface area (Å²) in [5, 5.41) is 0.762. The Morgan fingerprint density at radius 1 is 1.50 bits per heavy atom. The fourth-order valence-corrected chi connectivity index (χ4v) is 2.18. The lowest BCUT2D eigenvalue weighted by Crippen LogP contribution is -1.88. The van der Waals surface area contributed by atoms with E-state index in [0.29, 0.717) is 6.42 Å². The maximum absolute atomic E-state index is 11.0. The van der Waals surface area contributed by atoms with Crippen molar-refractivity contribution in [3.05, 3.63) is 16.5 Å². The average molecular weight is 153 g/mol. The highest BCUT2D eigenvalue weighted by molar-refractivity contribution is 7.16. The molecule has 2 N–H and O–H groups in total. The first-order chi connectivity index (χ1) is 4.77. The fourth-order valence-electron chi connectivity index (χ4n) is 1.23. The molecule has 0 spiro atoms.